The standard InChI is InChI=1S/C27H34F3N7O3/c1-13-17-10-16(8-9-20(17)37(36-13)12-21(29)30)33-24-18(23(31)38)11-19(28)25(35-24)32-14(2)22(15-6-7-15)34-26(39)40-27(3,4)5/h8-11,14-15,21-22H,6-7,12H2,1-5H3,(H2,31,38)(H,34,39)(H2,32,33,35)/t14-,22-/m1/s1. The number of alkyl halides is 2. The van der Waals surface area contributed by atoms with E-state index in [0.29, 0.717) is 22.3 Å². The van der Waals surface area contributed by atoms with Gasteiger partial charge in [0.25, 0.3) is 12.3 Å². The molecule has 2 heterocycles. The highest BCUT2D eigenvalue weighted by Crippen LogP contribution is 2.35. The Balaban J connectivity index is 1.59. The van der Waals surface area contributed by atoms with Crippen LogP contribution in [-0.4, -0.2) is 50.9 Å². The second-order valence-electron chi connectivity index (χ2n) is 11.0. The zero-order valence-corrected chi connectivity index (χ0v) is 23.0. The monoisotopic (exact) mass is 561 g/mol. The smallest absolute Gasteiger partial charge is 0.407 e. The SMILES string of the molecule is Cc1nn(CC(F)F)c2ccc(Nc3nc(N[C@H](C)[C@@H](NC(=O)OC(C)(C)C)C4CC4)c(F)cc3C(N)=O)cc12. The first-order chi connectivity index (χ1) is 18.7. The highest BCUT2D eigenvalue weighted by atomic mass is 19.3. The van der Waals surface area contributed by atoms with E-state index in [9.17, 15) is 18.4 Å². The van der Waals surface area contributed by atoms with Crippen LogP contribution in [0.5, 0.6) is 0 Å². The number of hydrogen-bond acceptors (Lipinski definition) is 7. The number of ether oxygens (including phenoxy) is 1. The van der Waals surface area contributed by atoms with Crippen LogP contribution in [-0.2, 0) is 11.3 Å². The number of alkyl carbamates (subject to hydrolysis) is 1. The summed E-state index contributed by atoms with van der Waals surface area (Å²) in [5, 5.41) is 13.7. The van der Waals surface area contributed by atoms with Gasteiger partial charge in [-0.15, -0.1) is 0 Å². The lowest BCUT2D eigenvalue weighted by atomic mass is 10.1. The van der Waals surface area contributed by atoms with Crippen molar-refractivity contribution in [2.75, 3.05) is 10.6 Å². The number of aryl methyl sites for hydroxylation is 1. The molecule has 0 radical (unpaired) electrons. The molecule has 0 bridgehead atoms. The first-order valence-electron chi connectivity index (χ1n) is 13.0. The minimum atomic E-state index is -2.56. The molecule has 216 valence electrons. The van der Waals surface area contributed by atoms with Crippen molar-refractivity contribution in [1.29, 1.82) is 0 Å². The number of pyridine rings is 1. The number of carbonyl (C=O) groups excluding carboxylic acids is 2. The quantitative estimate of drug-likeness (QED) is 0.271. The molecule has 1 fully saturated rings. The largest absolute Gasteiger partial charge is 0.444 e. The van der Waals surface area contributed by atoms with Gasteiger partial charge >= 0.3 is 6.09 Å². The predicted octanol–water partition coefficient (Wildman–Crippen LogP) is 5.09. The molecule has 0 aliphatic heterocycles. The first kappa shape index (κ1) is 29.0. The summed E-state index contributed by atoms with van der Waals surface area (Å²) in [5.41, 5.74) is 6.19. The lowest BCUT2D eigenvalue weighted by Crippen LogP contribution is -2.48. The minimum Gasteiger partial charge on any atom is -0.444 e. The molecule has 1 saturated carbocycles. The van der Waals surface area contributed by atoms with Crippen LogP contribution in [0.1, 0.15) is 56.6 Å². The molecular formula is C27H34F3N7O3. The molecule has 0 saturated heterocycles. The third kappa shape index (κ3) is 6.93. The fraction of sp³-hybridized carbons (Fsp3) is 0.481. The lowest BCUT2D eigenvalue weighted by Gasteiger charge is -2.28. The lowest BCUT2D eigenvalue weighted by molar-refractivity contribution is 0.0492. The van der Waals surface area contributed by atoms with Gasteiger partial charge in [-0.1, -0.05) is 0 Å². The molecule has 13 heteroatoms. The van der Waals surface area contributed by atoms with E-state index in [-0.39, 0.29) is 29.2 Å². The van der Waals surface area contributed by atoms with Gasteiger partial charge in [0.05, 0.1) is 22.8 Å². The average Bonchev–Trinajstić information content (AvgIpc) is 3.63. The number of hydrogen-bond donors (Lipinski definition) is 4. The second kappa shape index (κ2) is 11.2. The van der Waals surface area contributed by atoms with Gasteiger partial charge in [-0.25, -0.2) is 22.9 Å². The average molecular weight is 562 g/mol. The minimum absolute atomic E-state index is 0.00338. The maximum atomic E-state index is 15.1. The van der Waals surface area contributed by atoms with Crippen LogP contribution < -0.4 is 21.7 Å². The zero-order valence-electron chi connectivity index (χ0n) is 23.0. The fourth-order valence-corrected chi connectivity index (χ4v) is 4.55. The number of nitrogens with two attached hydrogens (primary N) is 1. The molecule has 1 aromatic carbocycles. The van der Waals surface area contributed by atoms with Crippen LogP contribution in [0, 0.1) is 18.7 Å². The van der Waals surface area contributed by atoms with E-state index in [4.69, 9.17) is 10.5 Å². The van der Waals surface area contributed by atoms with E-state index in [0.717, 1.165) is 18.9 Å². The van der Waals surface area contributed by atoms with Gasteiger partial charge in [-0.2, -0.15) is 5.10 Å². The molecule has 1 aliphatic rings. The van der Waals surface area contributed by atoms with E-state index < -0.39 is 42.4 Å². The van der Waals surface area contributed by atoms with Gasteiger partial charge in [0.2, 0.25) is 0 Å². The first-order valence-corrected chi connectivity index (χ1v) is 13.0. The fourth-order valence-electron chi connectivity index (χ4n) is 4.55. The Morgan fingerprint density at radius 3 is 2.50 bits per heavy atom. The summed E-state index contributed by atoms with van der Waals surface area (Å²) < 4.78 is 47.6. The van der Waals surface area contributed by atoms with Crippen LogP contribution >= 0.6 is 0 Å². The van der Waals surface area contributed by atoms with Crippen molar-refractivity contribution < 1.29 is 27.5 Å². The number of halogens is 3. The molecule has 3 aromatic rings. The molecule has 0 spiro atoms. The topological polar surface area (TPSA) is 136 Å². The second-order valence-corrected chi connectivity index (χ2v) is 11.0. The maximum Gasteiger partial charge on any atom is 0.407 e. The number of carbonyl (C=O) groups is 2. The van der Waals surface area contributed by atoms with Gasteiger partial charge in [0, 0.05) is 17.1 Å². The summed E-state index contributed by atoms with van der Waals surface area (Å²) in [5.74, 6) is -1.63. The predicted molar refractivity (Wildman–Crippen MR) is 145 cm³/mol. The van der Waals surface area contributed by atoms with Crippen LogP contribution in [0.4, 0.5) is 35.3 Å². The van der Waals surface area contributed by atoms with Crippen molar-refractivity contribution in [2.24, 2.45) is 11.7 Å². The Morgan fingerprint density at radius 1 is 1.20 bits per heavy atom. The summed E-state index contributed by atoms with van der Waals surface area (Å²) in [6, 6.07) is 5.12. The van der Waals surface area contributed by atoms with E-state index in [1.807, 2.05) is 0 Å². The molecule has 2 atom stereocenters. The number of nitrogens with zero attached hydrogens (tertiary/aromatic N) is 3. The van der Waals surface area contributed by atoms with E-state index in [1.165, 1.54) is 4.68 Å². The van der Waals surface area contributed by atoms with Crippen molar-refractivity contribution in [1.82, 2.24) is 20.1 Å². The van der Waals surface area contributed by atoms with Crippen LogP contribution in [0.15, 0.2) is 24.3 Å². The molecule has 40 heavy (non-hydrogen) atoms. The van der Waals surface area contributed by atoms with Crippen molar-refractivity contribution in [2.45, 2.75) is 78.1 Å². The zero-order chi connectivity index (χ0) is 29.4. The van der Waals surface area contributed by atoms with Crippen molar-refractivity contribution in [3.63, 3.8) is 0 Å². The summed E-state index contributed by atoms with van der Waals surface area (Å²) in [6.45, 7) is 8.25. The van der Waals surface area contributed by atoms with Gasteiger partial charge in [-0.3, -0.25) is 9.48 Å². The number of fused-ring (bicyclic) bond motifs is 1. The van der Waals surface area contributed by atoms with Gasteiger partial charge in [0.15, 0.2) is 11.6 Å². The normalized spacial score (nSPS) is 15.1. The van der Waals surface area contributed by atoms with E-state index in [1.54, 1.807) is 52.8 Å². The van der Waals surface area contributed by atoms with Crippen molar-refractivity contribution in [3.05, 3.63) is 41.3 Å². The molecule has 10 nitrogen and oxygen atoms in total. The number of benzene rings is 1. The van der Waals surface area contributed by atoms with Gasteiger partial charge < -0.3 is 26.4 Å². The van der Waals surface area contributed by atoms with Gasteiger partial charge in [-0.05, 0) is 77.6 Å². The number of primary amides is 1. The Labute approximate surface area is 229 Å². The molecule has 0 unspecified atom stereocenters. The summed E-state index contributed by atoms with van der Waals surface area (Å²) in [4.78, 5) is 28.9. The molecule has 4 rings (SSSR count). The number of anilines is 3. The number of rotatable bonds is 10. The Bertz CT molecular complexity index is 1420. The molecule has 1 aliphatic carbocycles. The summed E-state index contributed by atoms with van der Waals surface area (Å²) >= 11 is 0. The van der Waals surface area contributed by atoms with Crippen LogP contribution in [0.2, 0.25) is 0 Å². The molecule has 2 aromatic heterocycles. The Morgan fingerprint density at radius 2 is 1.90 bits per heavy atom. The third-order valence-corrected chi connectivity index (χ3v) is 6.47. The number of aromatic nitrogens is 3. The number of amides is 2. The summed E-state index contributed by atoms with van der Waals surface area (Å²) in [6.07, 6.45) is -1.31. The number of nitrogens with one attached hydrogen (secondary N) is 3. The molecular weight excluding hydrogens is 527 g/mol. The highest BCUT2D eigenvalue weighted by molar-refractivity contribution is 5.99. The highest BCUT2D eigenvalue weighted by Gasteiger charge is 2.37. The third-order valence-electron chi connectivity index (χ3n) is 6.47. The molecule has 2 amide bonds. The van der Waals surface area contributed by atoms with Crippen LogP contribution in [0.25, 0.3) is 10.9 Å². The van der Waals surface area contributed by atoms with Crippen molar-refractivity contribution in [3.8, 4) is 0 Å². The van der Waals surface area contributed by atoms with E-state index >= 15 is 4.39 Å². The maximum absolute atomic E-state index is 15.1. The summed E-state index contributed by atoms with van der Waals surface area (Å²) in [7, 11) is 0. The Kier molecular flexibility index (Phi) is 8.13. The molecule has 5 N–H and O–H groups in total. The Hall–Kier alpha value is -4.03. The van der Waals surface area contributed by atoms with Crippen LogP contribution in [0.3, 0.4) is 0 Å². The van der Waals surface area contributed by atoms with E-state index in [2.05, 4.69) is 26.0 Å². The van der Waals surface area contributed by atoms with Gasteiger partial charge in [0.1, 0.15) is 18.0 Å². The van der Waals surface area contributed by atoms with Crippen molar-refractivity contribution >= 4 is 40.2 Å².